The minimum Gasteiger partial charge on any atom is -0.383 e. The molecule has 18 heavy (non-hydrogen) atoms. The van der Waals surface area contributed by atoms with Crippen LogP contribution in [0, 0.1) is 11.6 Å². The van der Waals surface area contributed by atoms with E-state index in [-0.39, 0.29) is 5.56 Å². The van der Waals surface area contributed by atoms with E-state index in [1.807, 2.05) is 0 Å². The molecule has 6 heteroatoms. The summed E-state index contributed by atoms with van der Waals surface area (Å²) in [7, 11) is 1.61. The van der Waals surface area contributed by atoms with Gasteiger partial charge in [0.1, 0.15) is 11.6 Å². The molecule has 1 aromatic heterocycles. The van der Waals surface area contributed by atoms with E-state index in [2.05, 4.69) is 10.3 Å². The Balaban J connectivity index is 2.16. The molecule has 0 saturated heterocycles. The minimum atomic E-state index is -0.464. The summed E-state index contributed by atoms with van der Waals surface area (Å²) in [5, 5.41) is 3.69. The number of hydrogen-bond donors (Lipinski definition) is 1. The highest BCUT2D eigenvalue weighted by atomic mass is 32.1. The van der Waals surface area contributed by atoms with Crippen molar-refractivity contribution >= 4 is 16.5 Å². The van der Waals surface area contributed by atoms with Crippen LogP contribution >= 0.6 is 11.3 Å². The van der Waals surface area contributed by atoms with Crippen LogP contribution in [0.2, 0.25) is 0 Å². The molecule has 1 N–H and O–H groups in total. The average Bonchev–Trinajstić information content (AvgIpc) is 2.81. The number of thiazole rings is 1. The van der Waals surface area contributed by atoms with E-state index >= 15 is 0 Å². The van der Waals surface area contributed by atoms with Crippen LogP contribution in [0.4, 0.5) is 13.9 Å². The van der Waals surface area contributed by atoms with Crippen LogP contribution in [0.1, 0.15) is 0 Å². The van der Waals surface area contributed by atoms with Crippen molar-refractivity contribution < 1.29 is 13.5 Å². The van der Waals surface area contributed by atoms with Gasteiger partial charge in [-0.1, -0.05) is 11.3 Å². The average molecular weight is 270 g/mol. The molecule has 0 fully saturated rings. The molecule has 0 aliphatic carbocycles. The normalized spacial score (nSPS) is 10.6. The number of benzene rings is 1. The molecule has 2 rings (SSSR count). The second-order valence-corrected chi connectivity index (χ2v) is 4.60. The first-order valence-electron chi connectivity index (χ1n) is 5.35. The molecule has 1 heterocycles. The van der Waals surface area contributed by atoms with Gasteiger partial charge in [-0.2, -0.15) is 0 Å². The Morgan fingerprint density at radius 2 is 2.22 bits per heavy atom. The Kier molecular flexibility index (Phi) is 4.22. The zero-order valence-electron chi connectivity index (χ0n) is 9.74. The third-order valence-corrected chi connectivity index (χ3v) is 3.27. The van der Waals surface area contributed by atoms with E-state index in [1.54, 1.807) is 7.11 Å². The number of nitrogens with zero attached hydrogens (tertiary/aromatic N) is 1. The smallest absolute Gasteiger partial charge is 0.183 e. The van der Waals surface area contributed by atoms with E-state index in [0.29, 0.717) is 23.2 Å². The number of halogens is 2. The molecule has 0 saturated carbocycles. The molecule has 1 aromatic carbocycles. The number of ether oxygens (including phenoxy) is 1. The highest BCUT2D eigenvalue weighted by Gasteiger charge is 2.10. The van der Waals surface area contributed by atoms with Crippen LogP contribution < -0.4 is 5.32 Å². The van der Waals surface area contributed by atoms with Gasteiger partial charge in [0.15, 0.2) is 5.13 Å². The molecule has 0 spiro atoms. The Bertz CT molecular complexity index is 531. The van der Waals surface area contributed by atoms with Crippen LogP contribution in [-0.4, -0.2) is 25.2 Å². The molecular weight excluding hydrogens is 258 g/mol. The van der Waals surface area contributed by atoms with Gasteiger partial charge in [0.25, 0.3) is 0 Å². The summed E-state index contributed by atoms with van der Waals surface area (Å²) < 4.78 is 31.5. The Labute approximate surface area is 107 Å². The van der Waals surface area contributed by atoms with Crippen molar-refractivity contribution in [2.45, 2.75) is 0 Å². The Morgan fingerprint density at radius 3 is 3.00 bits per heavy atom. The van der Waals surface area contributed by atoms with E-state index < -0.39 is 11.6 Å². The lowest BCUT2D eigenvalue weighted by molar-refractivity contribution is 0.211. The maximum atomic E-state index is 13.5. The first-order chi connectivity index (χ1) is 8.70. The molecule has 96 valence electrons. The topological polar surface area (TPSA) is 34.1 Å². The van der Waals surface area contributed by atoms with Crippen LogP contribution in [0.3, 0.4) is 0 Å². The van der Waals surface area contributed by atoms with Gasteiger partial charge in [-0.15, -0.1) is 0 Å². The van der Waals surface area contributed by atoms with Crippen molar-refractivity contribution in [2.24, 2.45) is 0 Å². The first kappa shape index (κ1) is 12.9. The molecule has 0 atom stereocenters. The van der Waals surface area contributed by atoms with Crippen molar-refractivity contribution in [2.75, 3.05) is 25.6 Å². The molecule has 0 bridgehead atoms. The number of nitrogens with one attached hydrogen (secondary N) is 1. The van der Waals surface area contributed by atoms with Gasteiger partial charge in [0, 0.05) is 25.4 Å². The summed E-state index contributed by atoms with van der Waals surface area (Å²) >= 11 is 1.27. The quantitative estimate of drug-likeness (QED) is 0.847. The Hall–Kier alpha value is -1.53. The summed E-state index contributed by atoms with van der Waals surface area (Å²) in [6, 6.07) is 3.38. The fourth-order valence-electron chi connectivity index (χ4n) is 1.43. The number of methoxy groups -OCH3 is 1. The number of anilines is 1. The zero-order chi connectivity index (χ0) is 13.0. The van der Waals surface area contributed by atoms with Crippen LogP contribution in [-0.2, 0) is 4.74 Å². The molecule has 0 aliphatic rings. The van der Waals surface area contributed by atoms with Crippen molar-refractivity contribution in [1.29, 1.82) is 0 Å². The number of aromatic nitrogens is 1. The second-order valence-electron chi connectivity index (χ2n) is 3.57. The summed E-state index contributed by atoms with van der Waals surface area (Å²) in [4.78, 5) is 4.69. The summed E-state index contributed by atoms with van der Waals surface area (Å²) in [5.41, 5.74) is 0.229. The summed E-state index contributed by atoms with van der Waals surface area (Å²) in [6.45, 7) is 1.18. The summed E-state index contributed by atoms with van der Waals surface area (Å²) in [6.07, 6.45) is 1.53. The van der Waals surface area contributed by atoms with Gasteiger partial charge < -0.3 is 10.1 Å². The third kappa shape index (κ3) is 3.02. The Morgan fingerprint density at radius 1 is 1.39 bits per heavy atom. The SMILES string of the molecule is COCCNc1ncc(-c2cc(F)ccc2F)s1. The zero-order valence-corrected chi connectivity index (χ0v) is 10.6. The van der Waals surface area contributed by atoms with Gasteiger partial charge in [0.2, 0.25) is 0 Å². The van der Waals surface area contributed by atoms with Crippen LogP contribution in [0.15, 0.2) is 24.4 Å². The fraction of sp³-hybridized carbons (Fsp3) is 0.250. The minimum absolute atomic E-state index is 0.229. The van der Waals surface area contributed by atoms with E-state index in [0.717, 1.165) is 12.1 Å². The maximum absolute atomic E-state index is 13.5. The second kappa shape index (κ2) is 5.88. The molecule has 3 nitrogen and oxygen atoms in total. The van der Waals surface area contributed by atoms with Crippen molar-refractivity contribution in [3.8, 4) is 10.4 Å². The third-order valence-electron chi connectivity index (χ3n) is 2.28. The van der Waals surface area contributed by atoms with Gasteiger partial charge in [-0.25, -0.2) is 13.8 Å². The molecular formula is C12H12F2N2OS. The fourth-order valence-corrected chi connectivity index (χ4v) is 2.29. The molecule has 0 aliphatic heterocycles. The van der Waals surface area contributed by atoms with Gasteiger partial charge in [-0.05, 0) is 18.2 Å². The number of rotatable bonds is 5. The lowest BCUT2D eigenvalue weighted by atomic mass is 10.2. The predicted molar refractivity (Wildman–Crippen MR) is 67.8 cm³/mol. The highest BCUT2D eigenvalue weighted by molar-refractivity contribution is 7.18. The van der Waals surface area contributed by atoms with Gasteiger partial charge in [0.05, 0.1) is 11.5 Å². The summed E-state index contributed by atoms with van der Waals surface area (Å²) in [5.74, 6) is -0.919. The largest absolute Gasteiger partial charge is 0.383 e. The molecule has 0 radical (unpaired) electrons. The first-order valence-corrected chi connectivity index (χ1v) is 6.16. The molecule has 0 amide bonds. The predicted octanol–water partition coefficient (Wildman–Crippen LogP) is 3.15. The van der Waals surface area contributed by atoms with Crippen molar-refractivity contribution in [1.82, 2.24) is 4.98 Å². The van der Waals surface area contributed by atoms with E-state index in [4.69, 9.17) is 4.74 Å². The van der Waals surface area contributed by atoms with Gasteiger partial charge in [-0.3, -0.25) is 0 Å². The number of hydrogen-bond acceptors (Lipinski definition) is 4. The van der Waals surface area contributed by atoms with E-state index in [9.17, 15) is 8.78 Å². The van der Waals surface area contributed by atoms with Crippen molar-refractivity contribution in [3.63, 3.8) is 0 Å². The van der Waals surface area contributed by atoms with E-state index in [1.165, 1.54) is 23.6 Å². The molecule has 2 aromatic rings. The maximum Gasteiger partial charge on any atom is 0.183 e. The molecule has 0 unspecified atom stereocenters. The van der Waals surface area contributed by atoms with Crippen molar-refractivity contribution in [3.05, 3.63) is 36.0 Å². The standard InChI is InChI=1S/C12H12F2N2OS/c1-17-5-4-15-12-16-7-11(18-12)9-6-8(13)2-3-10(9)14/h2-3,6-7H,4-5H2,1H3,(H,15,16). The highest BCUT2D eigenvalue weighted by Crippen LogP contribution is 2.31. The lowest BCUT2D eigenvalue weighted by Gasteiger charge is -2.00. The van der Waals surface area contributed by atoms with Gasteiger partial charge >= 0.3 is 0 Å². The van der Waals surface area contributed by atoms with Crippen LogP contribution in [0.25, 0.3) is 10.4 Å². The van der Waals surface area contributed by atoms with Crippen LogP contribution in [0.5, 0.6) is 0 Å². The lowest BCUT2D eigenvalue weighted by Crippen LogP contribution is -2.06. The monoisotopic (exact) mass is 270 g/mol.